The van der Waals surface area contributed by atoms with Gasteiger partial charge in [0.25, 0.3) is 5.56 Å². The number of nitrogens with zero attached hydrogens (tertiary/aromatic N) is 5. The van der Waals surface area contributed by atoms with Gasteiger partial charge in [0.15, 0.2) is 5.82 Å². The van der Waals surface area contributed by atoms with Gasteiger partial charge in [-0.1, -0.05) is 38.3 Å². The Labute approximate surface area is 190 Å². The number of hydrogen-bond acceptors (Lipinski definition) is 5. The Morgan fingerprint density at radius 2 is 1.91 bits per heavy atom. The summed E-state index contributed by atoms with van der Waals surface area (Å²) in [5.74, 6) is 1.18. The van der Waals surface area contributed by atoms with E-state index in [9.17, 15) is 4.79 Å². The fourth-order valence-electron chi connectivity index (χ4n) is 5.06. The molecular formula is C25H36N6O. The summed E-state index contributed by atoms with van der Waals surface area (Å²) in [6.07, 6.45) is 4.74. The second-order valence-electron chi connectivity index (χ2n) is 10.6. The number of nitrogens with one attached hydrogen (secondary N) is 1. The summed E-state index contributed by atoms with van der Waals surface area (Å²) in [4.78, 5) is 18.6. The smallest absolute Gasteiger partial charge is 0.252 e. The topological polar surface area (TPSA) is 79.7 Å². The highest BCUT2D eigenvalue weighted by molar-refractivity contribution is 5.79. The maximum atomic E-state index is 13.0. The van der Waals surface area contributed by atoms with Crippen LogP contribution in [-0.2, 0) is 12.1 Å². The molecule has 1 atom stereocenters. The minimum atomic E-state index is -0.217. The molecule has 172 valence electrons. The van der Waals surface area contributed by atoms with Crippen molar-refractivity contribution in [2.24, 2.45) is 5.92 Å². The zero-order valence-electron chi connectivity index (χ0n) is 20.2. The minimum absolute atomic E-state index is 0.0118. The van der Waals surface area contributed by atoms with Crippen LogP contribution in [0.1, 0.15) is 83.3 Å². The Kier molecular flexibility index (Phi) is 6.21. The molecule has 1 saturated carbocycles. The number of pyridine rings is 1. The van der Waals surface area contributed by atoms with Crippen molar-refractivity contribution in [3.63, 3.8) is 0 Å². The Bertz CT molecular complexity index is 1130. The maximum absolute atomic E-state index is 13.0. The average molecular weight is 437 g/mol. The molecule has 0 saturated heterocycles. The third-order valence-electron chi connectivity index (χ3n) is 6.61. The quantitative estimate of drug-likeness (QED) is 0.605. The largest absolute Gasteiger partial charge is 0.322 e. The predicted molar refractivity (Wildman–Crippen MR) is 127 cm³/mol. The molecule has 1 N–H and O–H groups in total. The van der Waals surface area contributed by atoms with Gasteiger partial charge in [0, 0.05) is 23.7 Å². The molecule has 4 rings (SSSR count). The average Bonchev–Trinajstić information content (AvgIpc) is 3.39. The highest BCUT2D eigenvalue weighted by atomic mass is 16.1. The Morgan fingerprint density at radius 1 is 1.19 bits per heavy atom. The maximum Gasteiger partial charge on any atom is 0.252 e. The van der Waals surface area contributed by atoms with Crippen LogP contribution in [0.15, 0.2) is 29.1 Å². The van der Waals surface area contributed by atoms with Crippen molar-refractivity contribution < 1.29 is 0 Å². The summed E-state index contributed by atoms with van der Waals surface area (Å²) in [5, 5.41) is 14.0. The highest BCUT2D eigenvalue weighted by Crippen LogP contribution is 2.36. The zero-order chi connectivity index (χ0) is 23.0. The number of aromatic amines is 1. The molecule has 1 fully saturated rings. The van der Waals surface area contributed by atoms with Crippen molar-refractivity contribution in [2.75, 3.05) is 0 Å². The number of tetrazole rings is 1. The van der Waals surface area contributed by atoms with Gasteiger partial charge in [0.05, 0.1) is 11.6 Å². The van der Waals surface area contributed by atoms with E-state index in [-0.39, 0.29) is 17.1 Å². The van der Waals surface area contributed by atoms with E-state index in [1.54, 1.807) is 0 Å². The molecule has 32 heavy (non-hydrogen) atoms. The second kappa shape index (κ2) is 8.77. The van der Waals surface area contributed by atoms with E-state index in [0.29, 0.717) is 18.5 Å². The number of aryl methyl sites for hydroxylation is 1. The first-order valence-electron chi connectivity index (χ1n) is 11.8. The molecule has 7 heteroatoms. The SMILES string of the molecule is Cc1ccc2[nH]c(=O)c(CN(C3CCCC3)C(c3nnnn3C(C)(C)C)C(C)C)cc2c1. The van der Waals surface area contributed by atoms with Crippen molar-refractivity contribution in [3.8, 4) is 0 Å². The van der Waals surface area contributed by atoms with Crippen LogP contribution < -0.4 is 5.56 Å². The first-order valence-corrected chi connectivity index (χ1v) is 11.8. The molecule has 0 bridgehead atoms. The molecule has 1 aliphatic rings. The molecule has 0 radical (unpaired) electrons. The van der Waals surface area contributed by atoms with Crippen molar-refractivity contribution in [2.45, 2.75) is 91.4 Å². The van der Waals surface area contributed by atoms with Crippen LogP contribution in [0.4, 0.5) is 0 Å². The van der Waals surface area contributed by atoms with Crippen LogP contribution in [0.25, 0.3) is 10.9 Å². The summed E-state index contributed by atoms with van der Waals surface area (Å²) in [7, 11) is 0. The fraction of sp³-hybridized carbons (Fsp3) is 0.600. The van der Waals surface area contributed by atoms with Crippen LogP contribution in [-0.4, -0.2) is 36.1 Å². The normalized spacial score (nSPS) is 16.5. The van der Waals surface area contributed by atoms with Gasteiger partial charge in [-0.05, 0) is 80.5 Å². The molecule has 0 amide bonds. The second-order valence-corrected chi connectivity index (χ2v) is 10.6. The van der Waals surface area contributed by atoms with Gasteiger partial charge >= 0.3 is 0 Å². The highest BCUT2D eigenvalue weighted by Gasteiger charge is 2.37. The van der Waals surface area contributed by atoms with Crippen LogP contribution in [0, 0.1) is 12.8 Å². The molecule has 0 spiro atoms. The fourth-order valence-corrected chi connectivity index (χ4v) is 5.06. The van der Waals surface area contributed by atoms with Crippen LogP contribution in [0.2, 0.25) is 0 Å². The molecule has 0 aliphatic heterocycles. The third kappa shape index (κ3) is 4.49. The van der Waals surface area contributed by atoms with Gasteiger partial charge in [-0.2, -0.15) is 0 Å². The third-order valence-corrected chi connectivity index (χ3v) is 6.61. The minimum Gasteiger partial charge on any atom is -0.322 e. The van der Waals surface area contributed by atoms with E-state index in [1.165, 1.54) is 18.4 Å². The van der Waals surface area contributed by atoms with Gasteiger partial charge in [0.2, 0.25) is 0 Å². The number of aromatic nitrogens is 5. The van der Waals surface area contributed by atoms with E-state index in [2.05, 4.69) is 79.1 Å². The number of hydrogen-bond donors (Lipinski definition) is 1. The Hall–Kier alpha value is -2.54. The van der Waals surface area contributed by atoms with Crippen molar-refractivity contribution in [3.05, 3.63) is 51.6 Å². The summed E-state index contributed by atoms with van der Waals surface area (Å²) in [5.41, 5.74) is 2.64. The van der Waals surface area contributed by atoms with Crippen molar-refractivity contribution in [1.29, 1.82) is 0 Å². The van der Waals surface area contributed by atoms with Gasteiger partial charge in [-0.15, -0.1) is 5.10 Å². The molecule has 7 nitrogen and oxygen atoms in total. The van der Waals surface area contributed by atoms with Crippen molar-refractivity contribution >= 4 is 10.9 Å². The van der Waals surface area contributed by atoms with E-state index in [1.807, 2.05) is 16.8 Å². The van der Waals surface area contributed by atoms with Crippen LogP contribution in [0.5, 0.6) is 0 Å². The molecule has 3 aromatic rings. The summed E-state index contributed by atoms with van der Waals surface area (Å²) in [6.45, 7) is 13.5. The lowest BCUT2D eigenvalue weighted by molar-refractivity contribution is 0.0802. The number of fused-ring (bicyclic) bond motifs is 1. The first-order chi connectivity index (χ1) is 15.1. The predicted octanol–water partition coefficient (Wildman–Crippen LogP) is 4.72. The zero-order valence-corrected chi connectivity index (χ0v) is 20.2. The van der Waals surface area contributed by atoms with E-state index in [4.69, 9.17) is 0 Å². The summed E-state index contributed by atoms with van der Waals surface area (Å²) >= 11 is 0. The molecule has 2 heterocycles. The van der Waals surface area contributed by atoms with Crippen molar-refractivity contribution in [1.82, 2.24) is 30.1 Å². The summed E-state index contributed by atoms with van der Waals surface area (Å²) in [6, 6.07) is 8.66. The number of benzene rings is 1. The molecule has 1 unspecified atom stereocenters. The number of rotatable bonds is 6. The van der Waals surface area contributed by atoms with Gasteiger partial charge < -0.3 is 4.98 Å². The van der Waals surface area contributed by atoms with Gasteiger partial charge in [-0.3, -0.25) is 9.69 Å². The molecule has 1 aromatic carbocycles. The van der Waals surface area contributed by atoms with Gasteiger partial charge in [0.1, 0.15) is 0 Å². The monoisotopic (exact) mass is 436 g/mol. The molecule has 2 aromatic heterocycles. The Morgan fingerprint density at radius 3 is 2.56 bits per heavy atom. The molecule has 1 aliphatic carbocycles. The summed E-state index contributed by atoms with van der Waals surface area (Å²) < 4.78 is 1.95. The van der Waals surface area contributed by atoms with E-state index >= 15 is 0 Å². The van der Waals surface area contributed by atoms with Crippen LogP contribution >= 0.6 is 0 Å². The van der Waals surface area contributed by atoms with Gasteiger partial charge in [-0.25, -0.2) is 4.68 Å². The number of H-pyrrole nitrogens is 1. The molecular weight excluding hydrogens is 400 g/mol. The lowest BCUT2D eigenvalue weighted by Crippen LogP contribution is -2.42. The van der Waals surface area contributed by atoms with E-state index in [0.717, 1.165) is 35.1 Å². The first kappa shape index (κ1) is 22.6. The standard InChI is InChI=1S/C25H36N6O/c1-16(2)22(23-27-28-29-31(23)25(4,5)6)30(20-9-7-8-10-20)15-19-14-18-13-17(3)11-12-21(18)26-24(19)32/h11-14,16,20,22H,7-10,15H2,1-6H3,(H,26,32). The lowest BCUT2D eigenvalue weighted by Gasteiger charge is -2.39. The van der Waals surface area contributed by atoms with E-state index < -0.39 is 0 Å². The Balaban J connectivity index is 1.79. The van der Waals surface area contributed by atoms with Crippen LogP contribution in [0.3, 0.4) is 0 Å². The lowest BCUT2D eigenvalue weighted by atomic mass is 9.96.